The molecule has 2 rings (SSSR count). The van der Waals surface area contributed by atoms with E-state index in [4.69, 9.17) is 4.74 Å². The first kappa shape index (κ1) is 17.2. The van der Waals surface area contributed by atoms with Crippen LogP contribution in [-0.4, -0.2) is 26.2 Å². The third kappa shape index (κ3) is 4.40. The van der Waals surface area contributed by atoms with Crippen molar-refractivity contribution in [3.05, 3.63) is 47.3 Å². The van der Waals surface area contributed by atoms with Gasteiger partial charge in [-0.05, 0) is 37.4 Å². The molecule has 6 nitrogen and oxygen atoms in total. The number of ether oxygens (including phenoxy) is 1. The number of benzene rings is 1. The van der Waals surface area contributed by atoms with E-state index in [0.717, 1.165) is 11.3 Å². The number of Topliss-reactive ketones (excluding diaryl/α,β-unsaturated/α-hetero) is 1. The normalized spacial score (nSPS) is 12.4. The molecule has 0 unspecified atom stereocenters. The Morgan fingerprint density at radius 3 is 2.57 bits per heavy atom. The lowest BCUT2D eigenvalue weighted by Gasteiger charge is -2.14. The number of nitrogens with one attached hydrogen (secondary N) is 1. The highest BCUT2D eigenvalue weighted by atomic mass is 32.2. The molecule has 0 saturated carbocycles. The van der Waals surface area contributed by atoms with Crippen molar-refractivity contribution in [2.45, 2.75) is 24.2 Å². The Balaban J connectivity index is 2.06. The maximum Gasteiger partial charge on any atom is 0.274 e. The summed E-state index contributed by atoms with van der Waals surface area (Å²) in [4.78, 5) is 23.3. The smallest absolute Gasteiger partial charge is 0.274 e. The zero-order chi connectivity index (χ0) is 17.0. The molecule has 0 aliphatic heterocycles. The number of hydrogen-bond acceptors (Lipinski definition) is 6. The van der Waals surface area contributed by atoms with Crippen LogP contribution in [0.25, 0.3) is 0 Å². The average Bonchev–Trinajstić information content (AvgIpc) is 3.02. The Hall–Kier alpha value is -2.19. The minimum Gasteiger partial charge on any atom is -0.481 e. The number of rotatable bonds is 6. The highest BCUT2D eigenvalue weighted by Crippen LogP contribution is 2.17. The summed E-state index contributed by atoms with van der Waals surface area (Å²) in [5, 5.41) is 1.60. The summed E-state index contributed by atoms with van der Waals surface area (Å²) < 4.78 is 31.4. The van der Waals surface area contributed by atoms with Crippen LogP contribution in [0.5, 0.6) is 5.75 Å². The molecule has 8 heteroatoms. The molecule has 0 spiro atoms. The third-order valence-corrected chi connectivity index (χ3v) is 5.66. The SMILES string of the molecule is CC(=O)c1cccc(O[C@H](C)C(=O)NS(=O)(=O)c2cccs2)c1. The summed E-state index contributed by atoms with van der Waals surface area (Å²) in [5.41, 5.74) is 0.446. The summed E-state index contributed by atoms with van der Waals surface area (Å²) >= 11 is 1.01. The largest absolute Gasteiger partial charge is 0.481 e. The maximum absolute atomic E-state index is 12.0. The van der Waals surface area contributed by atoms with Crippen molar-refractivity contribution in [3.63, 3.8) is 0 Å². The van der Waals surface area contributed by atoms with Crippen molar-refractivity contribution < 1.29 is 22.7 Å². The van der Waals surface area contributed by atoms with E-state index in [0.29, 0.717) is 11.3 Å². The van der Waals surface area contributed by atoms with Gasteiger partial charge in [0.05, 0.1) is 0 Å². The summed E-state index contributed by atoms with van der Waals surface area (Å²) in [7, 11) is -3.89. The van der Waals surface area contributed by atoms with Crippen LogP contribution >= 0.6 is 11.3 Å². The average molecular weight is 353 g/mol. The molecule has 1 heterocycles. The number of carbonyl (C=O) groups excluding carboxylic acids is 2. The van der Waals surface area contributed by atoms with Crippen LogP contribution in [0.4, 0.5) is 0 Å². The minimum atomic E-state index is -3.89. The Morgan fingerprint density at radius 2 is 1.96 bits per heavy atom. The van der Waals surface area contributed by atoms with Gasteiger partial charge >= 0.3 is 0 Å². The molecule has 1 aromatic heterocycles. The molecule has 1 atom stereocenters. The molecule has 1 amide bonds. The molecule has 23 heavy (non-hydrogen) atoms. The third-order valence-electron chi connectivity index (χ3n) is 2.92. The predicted molar refractivity (Wildman–Crippen MR) is 86.2 cm³/mol. The molecule has 122 valence electrons. The van der Waals surface area contributed by atoms with E-state index < -0.39 is 22.0 Å². The van der Waals surface area contributed by atoms with Gasteiger partial charge in [0.15, 0.2) is 11.9 Å². The van der Waals surface area contributed by atoms with Crippen molar-refractivity contribution in [1.82, 2.24) is 4.72 Å². The van der Waals surface area contributed by atoms with E-state index in [1.54, 1.807) is 29.6 Å². The molecule has 0 radical (unpaired) electrons. The molecule has 2 aromatic rings. The van der Waals surface area contributed by atoms with Crippen LogP contribution in [0.2, 0.25) is 0 Å². The summed E-state index contributed by atoms with van der Waals surface area (Å²) in [6.07, 6.45) is -1.04. The van der Waals surface area contributed by atoms with Gasteiger partial charge in [0.1, 0.15) is 9.96 Å². The molecular weight excluding hydrogens is 338 g/mol. The van der Waals surface area contributed by atoms with Gasteiger partial charge in [-0.1, -0.05) is 18.2 Å². The topological polar surface area (TPSA) is 89.5 Å². The summed E-state index contributed by atoms with van der Waals surface area (Å²) in [5.74, 6) is -0.603. The summed E-state index contributed by atoms with van der Waals surface area (Å²) in [6.45, 7) is 2.85. The van der Waals surface area contributed by atoms with Gasteiger partial charge in [0.2, 0.25) is 0 Å². The van der Waals surface area contributed by atoms with Gasteiger partial charge in [-0.25, -0.2) is 13.1 Å². The first-order valence-electron chi connectivity index (χ1n) is 6.67. The van der Waals surface area contributed by atoms with Crippen LogP contribution < -0.4 is 9.46 Å². The Labute approximate surface area is 138 Å². The molecule has 0 aliphatic carbocycles. The molecule has 1 aromatic carbocycles. The lowest BCUT2D eigenvalue weighted by atomic mass is 10.1. The molecule has 0 aliphatic rings. The number of hydrogen-bond donors (Lipinski definition) is 1. The first-order valence-corrected chi connectivity index (χ1v) is 9.04. The van der Waals surface area contributed by atoms with Crippen molar-refractivity contribution in [2.24, 2.45) is 0 Å². The molecule has 0 bridgehead atoms. The van der Waals surface area contributed by atoms with E-state index in [1.807, 2.05) is 4.72 Å². The van der Waals surface area contributed by atoms with Crippen LogP contribution in [0.1, 0.15) is 24.2 Å². The fraction of sp³-hybridized carbons (Fsp3) is 0.200. The maximum atomic E-state index is 12.0. The Kier molecular flexibility index (Phi) is 5.17. The Bertz CT molecular complexity index is 812. The Morgan fingerprint density at radius 1 is 1.22 bits per heavy atom. The number of sulfonamides is 1. The van der Waals surface area contributed by atoms with Crippen molar-refractivity contribution in [2.75, 3.05) is 0 Å². The van der Waals surface area contributed by atoms with Gasteiger partial charge in [0.25, 0.3) is 15.9 Å². The van der Waals surface area contributed by atoms with E-state index >= 15 is 0 Å². The quantitative estimate of drug-likeness (QED) is 0.804. The van der Waals surface area contributed by atoms with Crippen LogP contribution in [-0.2, 0) is 14.8 Å². The van der Waals surface area contributed by atoms with Gasteiger partial charge in [-0.2, -0.15) is 0 Å². The highest BCUT2D eigenvalue weighted by Gasteiger charge is 2.23. The zero-order valence-electron chi connectivity index (χ0n) is 12.5. The minimum absolute atomic E-state index is 0.0524. The van der Waals surface area contributed by atoms with Gasteiger partial charge in [0, 0.05) is 5.56 Å². The second-order valence-corrected chi connectivity index (χ2v) is 7.60. The fourth-order valence-electron chi connectivity index (χ4n) is 1.73. The second kappa shape index (κ2) is 6.93. The van der Waals surface area contributed by atoms with Crippen molar-refractivity contribution in [1.29, 1.82) is 0 Å². The van der Waals surface area contributed by atoms with Crippen molar-refractivity contribution >= 4 is 33.1 Å². The molecule has 1 N–H and O–H groups in total. The highest BCUT2D eigenvalue weighted by molar-refractivity contribution is 7.92. The van der Waals surface area contributed by atoms with Crippen molar-refractivity contribution in [3.8, 4) is 5.75 Å². The van der Waals surface area contributed by atoms with E-state index in [2.05, 4.69) is 0 Å². The number of ketones is 1. The zero-order valence-corrected chi connectivity index (χ0v) is 14.1. The van der Waals surface area contributed by atoms with Crippen LogP contribution in [0.3, 0.4) is 0 Å². The van der Waals surface area contributed by atoms with Crippen LogP contribution in [0, 0.1) is 0 Å². The second-order valence-electron chi connectivity index (χ2n) is 4.75. The van der Waals surface area contributed by atoms with Gasteiger partial charge in [-0.15, -0.1) is 11.3 Å². The van der Waals surface area contributed by atoms with E-state index in [1.165, 1.54) is 26.0 Å². The van der Waals surface area contributed by atoms with Gasteiger partial charge in [-0.3, -0.25) is 9.59 Å². The van der Waals surface area contributed by atoms with E-state index in [-0.39, 0.29) is 9.99 Å². The lowest BCUT2D eigenvalue weighted by Crippen LogP contribution is -2.39. The fourth-order valence-corrected chi connectivity index (χ4v) is 3.76. The number of thiophene rings is 1. The first-order chi connectivity index (χ1) is 10.8. The van der Waals surface area contributed by atoms with E-state index in [9.17, 15) is 18.0 Å². The standard InChI is InChI=1S/C15H15NO5S2/c1-10(17)12-5-3-6-13(9-12)21-11(2)15(18)16-23(19,20)14-7-4-8-22-14/h3-9,11H,1-2H3,(H,16,18)/t11-/m1/s1. The molecule has 0 fully saturated rings. The van der Waals surface area contributed by atoms with Gasteiger partial charge < -0.3 is 4.74 Å². The summed E-state index contributed by atoms with van der Waals surface area (Å²) in [6, 6.07) is 9.32. The monoisotopic (exact) mass is 353 g/mol. The molecular formula is C15H15NO5S2. The lowest BCUT2D eigenvalue weighted by molar-refractivity contribution is -0.125. The molecule has 0 saturated heterocycles. The predicted octanol–water partition coefficient (Wildman–Crippen LogP) is 2.22. The number of carbonyl (C=O) groups is 2. The number of amides is 1. The van der Waals surface area contributed by atoms with Crippen LogP contribution in [0.15, 0.2) is 46.0 Å².